The number of carboxylic acid groups (broad SMARTS) is 2. The number of carbonyl (C=O) groups excluding carboxylic acids is 3. The van der Waals surface area contributed by atoms with Gasteiger partial charge < -0.3 is 40.8 Å². The molecule has 7 N–H and O–H groups in total. The van der Waals surface area contributed by atoms with Crippen molar-refractivity contribution in [1.82, 2.24) is 10.6 Å². The quantitative estimate of drug-likeness (QED) is 0.0447. The number of amidine groups is 1. The third-order valence-electron chi connectivity index (χ3n) is 6.46. The number of hydrogen-bond donors (Lipinski definition) is 6. The number of amides is 2. The summed E-state index contributed by atoms with van der Waals surface area (Å²) >= 11 is 0. The molecule has 14 nitrogen and oxygen atoms in total. The van der Waals surface area contributed by atoms with E-state index in [2.05, 4.69) is 10.6 Å². The molecule has 0 aliphatic rings. The Kier molecular flexibility index (Phi) is 12.2. The molecule has 2 atom stereocenters. The second kappa shape index (κ2) is 16.3. The van der Waals surface area contributed by atoms with Gasteiger partial charge in [-0.3, -0.25) is 15.0 Å². The van der Waals surface area contributed by atoms with E-state index in [0.717, 1.165) is 10.8 Å². The van der Waals surface area contributed by atoms with Crippen molar-refractivity contribution in [2.24, 2.45) is 11.7 Å². The van der Waals surface area contributed by atoms with Gasteiger partial charge in [0.15, 0.2) is 0 Å². The molecule has 0 aliphatic carbocycles. The summed E-state index contributed by atoms with van der Waals surface area (Å²) < 4.78 is 16.1. The van der Waals surface area contributed by atoms with Crippen molar-refractivity contribution in [3.8, 4) is 11.5 Å². The number of benzene rings is 3. The zero-order valence-corrected chi connectivity index (χ0v) is 24.4. The number of nitrogens with two attached hydrogens (primary N) is 1. The molecular formula is C31H34N4O10. The number of nitrogens with one attached hydrogen (secondary N) is 3. The predicted molar refractivity (Wildman–Crippen MR) is 161 cm³/mol. The third-order valence-corrected chi connectivity index (χ3v) is 6.46. The van der Waals surface area contributed by atoms with Gasteiger partial charge in [0.25, 0.3) is 0 Å². The van der Waals surface area contributed by atoms with Crippen LogP contribution in [0.25, 0.3) is 10.8 Å². The molecule has 0 aromatic heterocycles. The Hall–Kier alpha value is -5.66. The zero-order valence-electron chi connectivity index (χ0n) is 24.4. The topological polar surface area (TPSA) is 227 Å². The van der Waals surface area contributed by atoms with Gasteiger partial charge in [-0.25, -0.2) is 14.4 Å². The summed E-state index contributed by atoms with van der Waals surface area (Å²) in [6.07, 6.45) is -1.05. The maximum atomic E-state index is 12.6. The van der Waals surface area contributed by atoms with Crippen LogP contribution in [0.1, 0.15) is 42.1 Å². The maximum absolute atomic E-state index is 12.6. The van der Waals surface area contributed by atoms with Gasteiger partial charge in [0.2, 0.25) is 5.91 Å². The van der Waals surface area contributed by atoms with Crippen LogP contribution in [0.4, 0.5) is 4.79 Å². The standard InChI is InChI=1S/C31H34N4O10/c1-18(28(38)35-25(29(39)40)11-12-26(36)37)17-44-31(42)34-13-2-14-43-23-8-5-19(6-9-23)30(41)45-24-10-7-20-15-22(27(32)33)4-3-21(20)16-24/h3-10,15-16,18,25H,2,11-14,17H2,1H3,(H3,32,33)(H,34,42)(H,35,38)(H,36,37)(H,39,40). The van der Waals surface area contributed by atoms with Gasteiger partial charge >= 0.3 is 24.0 Å². The summed E-state index contributed by atoms with van der Waals surface area (Å²) in [7, 11) is 0. The number of esters is 1. The highest BCUT2D eigenvalue weighted by atomic mass is 16.5. The summed E-state index contributed by atoms with van der Waals surface area (Å²) in [5.41, 5.74) is 6.46. The fourth-order valence-corrected chi connectivity index (χ4v) is 3.93. The number of nitrogen functional groups attached to an aromatic ring is 1. The summed E-state index contributed by atoms with van der Waals surface area (Å²) in [6, 6.07) is 15.5. The third kappa shape index (κ3) is 10.8. The molecule has 14 heteroatoms. The molecule has 238 valence electrons. The van der Waals surface area contributed by atoms with Crippen LogP contribution in [0.5, 0.6) is 11.5 Å². The summed E-state index contributed by atoms with van der Waals surface area (Å²) in [5, 5.41) is 31.8. The second-order valence-corrected chi connectivity index (χ2v) is 10.0. The predicted octanol–water partition coefficient (Wildman–Crippen LogP) is 2.91. The first-order chi connectivity index (χ1) is 21.4. The second-order valence-electron chi connectivity index (χ2n) is 10.0. The summed E-state index contributed by atoms with van der Waals surface area (Å²) in [5.74, 6) is -3.80. The van der Waals surface area contributed by atoms with E-state index in [0.29, 0.717) is 29.0 Å². The summed E-state index contributed by atoms with van der Waals surface area (Å²) in [6.45, 7) is 1.59. The van der Waals surface area contributed by atoms with E-state index in [1.807, 2.05) is 0 Å². The van der Waals surface area contributed by atoms with E-state index in [-0.39, 0.29) is 32.0 Å². The van der Waals surface area contributed by atoms with Gasteiger partial charge in [0, 0.05) is 18.5 Å². The average Bonchev–Trinajstić information content (AvgIpc) is 3.01. The van der Waals surface area contributed by atoms with Gasteiger partial charge in [-0.15, -0.1) is 0 Å². The first-order valence-corrected chi connectivity index (χ1v) is 13.9. The highest BCUT2D eigenvalue weighted by Gasteiger charge is 2.24. The zero-order chi connectivity index (χ0) is 32.9. The average molecular weight is 623 g/mol. The highest BCUT2D eigenvalue weighted by molar-refractivity contribution is 5.99. The molecule has 0 radical (unpaired) electrons. The first-order valence-electron chi connectivity index (χ1n) is 13.9. The van der Waals surface area contributed by atoms with Gasteiger partial charge in [-0.05, 0) is 66.1 Å². The Morgan fingerprint density at radius 1 is 0.911 bits per heavy atom. The van der Waals surface area contributed by atoms with Crippen molar-refractivity contribution >= 4 is 46.5 Å². The number of aliphatic carboxylic acids is 2. The largest absolute Gasteiger partial charge is 0.494 e. The molecular weight excluding hydrogens is 588 g/mol. The lowest BCUT2D eigenvalue weighted by atomic mass is 10.1. The Bertz CT molecular complexity index is 1560. The monoisotopic (exact) mass is 622 g/mol. The van der Waals surface area contributed by atoms with E-state index in [1.165, 1.54) is 6.92 Å². The van der Waals surface area contributed by atoms with Crippen molar-refractivity contribution in [1.29, 1.82) is 5.41 Å². The molecule has 0 spiro atoms. The van der Waals surface area contributed by atoms with Crippen LogP contribution < -0.4 is 25.8 Å². The molecule has 0 bridgehead atoms. The smallest absolute Gasteiger partial charge is 0.407 e. The van der Waals surface area contributed by atoms with Gasteiger partial charge in [-0.1, -0.05) is 25.1 Å². The Morgan fingerprint density at radius 2 is 1.56 bits per heavy atom. The van der Waals surface area contributed by atoms with Crippen LogP contribution in [0.3, 0.4) is 0 Å². The van der Waals surface area contributed by atoms with Crippen molar-refractivity contribution in [3.05, 3.63) is 71.8 Å². The van der Waals surface area contributed by atoms with Crippen LogP contribution in [0.15, 0.2) is 60.7 Å². The van der Waals surface area contributed by atoms with Crippen molar-refractivity contribution in [2.45, 2.75) is 32.2 Å². The number of rotatable bonds is 16. The van der Waals surface area contributed by atoms with Crippen LogP contribution in [-0.4, -0.2) is 71.8 Å². The molecule has 0 saturated carbocycles. The van der Waals surface area contributed by atoms with Gasteiger partial charge in [0.05, 0.1) is 18.1 Å². The van der Waals surface area contributed by atoms with E-state index >= 15 is 0 Å². The molecule has 3 rings (SSSR count). The molecule has 0 fully saturated rings. The minimum absolute atomic E-state index is 0.0308. The minimum atomic E-state index is -1.37. The Morgan fingerprint density at radius 3 is 2.22 bits per heavy atom. The molecule has 2 amide bonds. The van der Waals surface area contributed by atoms with Crippen LogP contribution >= 0.6 is 0 Å². The molecule has 0 heterocycles. The lowest BCUT2D eigenvalue weighted by Crippen LogP contribution is -2.44. The van der Waals surface area contributed by atoms with Crippen LogP contribution in [0, 0.1) is 11.3 Å². The molecule has 3 aromatic carbocycles. The first kappa shape index (κ1) is 33.8. The number of hydrogen-bond acceptors (Lipinski definition) is 9. The molecule has 3 aromatic rings. The van der Waals surface area contributed by atoms with Gasteiger partial charge in [-0.2, -0.15) is 0 Å². The van der Waals surface area contributed by atoms with Crippen LogP contribution in [-0.2, 0) is 19.1 Å². The summed E-state index contributed by atoms with van der Waals surface area (Å²) in [4.78, 5) is 58.6. The van der Waals surface area contributed by atoms with E-state index in [9.17, 15) is 24.0 Å². The maximum Gasteiger partial charge on any atom is 0.407 e. The van der Waals surface area contributed by atoms with E-state index in [1.54, 1.807) is 60.7 Å². The lowest BCUT2D eigenvalue weighted by molar-refractivity contribution is -0.143. The molecule has 0 saturated heterocycles. The van der Waals surface area contributed by atoms with E-state index < -0.39 is 48.3 Å². The van der Waals surface area contributed by atoms with Gasteiger partial charge in [0.1, 0.15) is 30.0 Å². The number of alkyl carbamates (subject to hydrolysis) is 1. The van der Waals surface area contributed by atoms with Crippen LogP contribution in [0.2, 0.25) is 0 Å². The van der Waals surface area contributed by atoms with Crippen molar-refractivity contribution in [2.75, 3.05) is 19.8 Å². The number of carbonyl (C=O) groups is 5. The molecule has 2 unspecified atom stereocenters. The molecule has 45 heavy (non-hydrogen) atoms. The van der Waals surface area contributed by atoms with Crippen molar-refractivity contribution < 1.29 is 48.4 Å². The number of ether oxygens (including phenoxy) is 3. The normalized spacial score (nSPS) is 11.9. The highest BCUT2D eigenvalue weighted by Crippen LogP contribution is 2.23. The fourth-order valence-electron chi connectivity index (χ4n) is 3.93. The molecule has 0 aliphatic heterocycles. The lowest BCUT2D eigenvalue weighted by Gasteiger charge is -2.17. The minimum Gasteiger partial charge on any atom is -0.494 e. The van der Waals surface area contributed by atoms with Crippen molar-refractivity contribution in [3.63, 3.8) is 0 Å². The number of fused-ring (bicyclic) bond motifs is 1. The fraction of sp³-hybridized carbons (Fsp3) is 0.290. The SMILES string of the molecule is CC(COC(=O)NCCCOc1ccc(C(=O)Oc2ccc3cc(C(=N)N)ccc3c2)cc1)C(=O)NC(CCC(=O)O)C(=O)O. The Labute approximate surface area is 258 Å². The number of carboxylic acids is 2. The van der Waals surface area contributed by atoms with E-state index in [4.69, 9.17) is 35.6 Å². The Balaban J connectivity index is 1.34.